The summed E-state index contributed by atoms with van der Waals surface area (Å²) in [5.74, 6) is 0.867. The summed E-state index contributed by atoms with van der Waals surface area (Å²) >= 11 is 0. The molecule has 0 spiro atoms. The normalized spacial score (nSPS) is 15.2. The van der Waals surface area contributed by atoms with Gasteiger partial charge in [-0.3, -0.25) is 10.1 Å². The molecule has 7 nitrogen and oxygen atoms in total. The maximum absolute atomic E-state index is 10.9. The Bertz CT molecular complexity index is 461. The van der Waals surface area contributed by atoms with Gasteiger partial charge in [0, 0.05) is 19.7 Å². The van der Waals surface area contributed by atoms with Crippen LogP contribution in [0.2, 0.25) is 0 Å². The number of rotatable bonds is 7. The fourth-order valence-corrected chi connectivity index (χ4v) is 2.32. The number of hydrogen-bond donors (Lipinski definition) is 2. The first-order valence-electron chi connectivity index (χ1n) is 6.89. The molecule has 2 rings (SSSR count). The first-order valence-corrected chi connectivity index (χ1v) is 6.89. The maximum Gasteiger partial charge on any atom is 0.311 e. The van der Waals surface area contributed by atoms with Crippen LogP contribution in [0.15, 0.2) is 12.1 Å². The van der Waals surface area contributed by atoms with Crippen molar-refractivity contribution in [2.45, 2.75) is 31.8 Å². The molecule has 1 saturated carbocycles. The van der Waals surface area contributed by atoms with E-state index in [2.05, 4.69) is 15.6 Å². The fourth-order valence-electron chi connectivity index (χ4n) is 2.32. The maximum atomic E-state index is 10.9. The van der Waals surface area contributed by atoms with Crippen molar-refractivity contribution in [2.24, 2.45) is 0 Å². The van der Waals surface area contributed by atoms with Gasteiger partial charge in [-0.05, 0) is 18.9 Å². The van der Waals surface area contributed by atoms with E-state index >= 15 is 0 Å². The third kappa shape index (κ3) is 3.80. The summed E-state index contributed by atoms with van der Waals surface area (Å²) in [6, 6.07) is 3.03. The number of nitro groups is 1. The molecule has 7 heteroatoms. The van der Waals surface area contributed by atoms with Gasteiger partial charge in [-0.15, -0.1) is 0 Å². The van der Waals surface area contributed by atoms with Crippen LogP contribution in [-0.2, 0) is 4.74 Å². The number of pyridine rings is 1. The molecule has 0 aliphatic heterocycles. The van der Waals surface area contributed by atoms with Crippen molar-refractivity contribution in [3.63, 3.8) is 0 Å². The lowest BCUT2D eigenvalue weighted by Crippen LogP contribution is -2.16. The molecule has 2 N–H and O–H groups in total. The van der Waals surface area contributed by atoms with Crippen LogP contribution in [0.25, 0.3) is 0 Å². The Labute approximate surface area is 117 Å². The molecule has 110 valence electrons. The van der Waals surface area contributed by atoms with Crippen LogP contribution in [0.3, 0.4) is 0 Å². The quantitative estimate of drug-likeness (QED) is 0.453. The van der Waals surface area contributed by atoms with Crippen LogP contribution in [0.4, 0.5) is 17.3 Å². The zero-order valence-corrected chi connectivity index (χ0v) is 11.6. The smallest absolute Gasteiger partial charge is 0.311 e. The summed E-state index contributed by atoms with van der Waals surface area (Å²) in [5, 5.41) is 16.8. The van der Waals surface area contributed by atoms with Crippen molar-refractivity contribution >= 4 is 17.3 Å². The molecular formula is C13H20N4O3. The first-order chi connectivity index (χ1) is 9.70. The molecule has 0 saturated heterocycles. The summed E-state index contributed by atoms with van der Waals surface area (Å²) in [7, 11) is 1.72. The van der Waals surface area contributed by atoms with Gasteiger partial charge < -0.3 is 15.4 Å². The Hall–Kier alpha value is -1.89. The predicted octanol–water partition coefficient (Wildman–Crippen LogP) is 2.40. The molecule has 20 heavy (non-hydrogen) atoms. The molecule has 1 aromatic heterocycles. The van der Waals surface area contributed by atoms with E-state index in [1.165, 1.54) is 18.9 Å². The molecule has 0 unspecified atom stereocenters. The standard InChI is InChI=1S/C13H20N4O3/c1-14-12-7-6-11(17(18)19)13(16-12)15-8-9-20-10-4-2-3-5-10/h6-7,10H,2-5,8-9H2,1H3,(H2,14,15,16). The Morgan fingerprint density at radius 3 is 2.85 bits per heavy atom. The van der Waals surface area contributed by atoms with Crippen LogP contribution in [-0.4, -0.2) is 36.2 Å². The molecule has 1 aromatic rings. The first kappa shape index (κ1) is 14.5. The lowest BCUT2D eigenvalue weighted by Gasteiger charge is -2.12. The fraction of sp³-hybridized carbons (Fsp3) is 0.615. The zero-order chi connectivity index (χ0) is 14.4. The van der Waals surface area contributed by atoms with Crippen LogP contribution in [0.5, 0.6) is 0 Å². The van der Waals surface area contributed by atoms with Crippen LogP contribution >= 0.6 is 0 Å². The minimum absolute atomic E-state index is 0.0233. The number of nitrogens with zero attached hydrogens (tertiary/aromatic N) is 2. The van der Waals surface area contributed by atoms with E-state index in [1.54, 1.807) is 13.1 Å². The molecular weight excluding hydrogens is 260 g/mol. The second-order valence-corrected chi connectivity index (χ2v) is 4.78. The third-order valence-electron chi connectivity index (χ3n) is 3.38. The number of aromatic nitrogens is 1. The van der Waals surface area contributed by atoms with Crippen molar-refractivity contribution in [1.29, 1.82) is 0 Å². The van der Waals surface area contributed by atoms with Crippen molar-refractivity contribution in [1.82, 2.24) is 4.98 Å². The largest absolute Gasteiger partial charge is 0.376 e. The van der Waals surface area contributed by atoms with E-state index in [-0.39, 0.29) is 11.5 Å². The highest BCUT2D eigenvalue weighted by atomic mass is 16.6. The average Bonchev–Trinajstić information content (AvgIpc) is 2.96. The van der Waals surface area contributed by atoms with Crippen LogP contribution in [0.1, 0.15) is 25.7 Å². The highest BCUT2D eigenvalue weighted by molar-refractivity contribution is 5.60. The third-order valence-corrected chi connectivity index (χ3v) is 3.38. The summed E-state index contributed by atoms with van der Waals surface area (Å²) < 4.78 is 5.71. The Morgan fingerprint density at radius 2 is 2.20 bits per heavy atom. The van der Waals surface area contributed by atoms with Crippen molar-refractivity contribution in [2.75, 3.05) is 30.8 Å². The van der Waals surface area contributed by atoms with Crippen LogP contribution in [0, 0.1) is 10.1 Å². The molecule has 1 aliphatic carbocycles. The topological polar surface area (TPSA) is 89.3 Å². The SMILES string of the molecule is CNc1ccc([N+](=O)[O-])c(NCCOC2CCCC2)n1. The van der Waals surface area contributed by atoms with Gasteiger partial charge in [0.25, 0.3) is 0 Å². The molecule has 0 amide bonds. The van der Waals surface area contributed by atoms with Gasteiger partial charge in [0.15, 0.2) is 0 Å². The highest BCUT2D eigenvalue weighted by Crippen LogP contribution is 2.24. The van der Waals surface area contributed by atoms with Gasteiger partial charge in [-0.1, -0.05) is 12.8 Å². The Morgan fingerprint density at radius 1 is 1.45 bits per heavy atom. The van der Waals surface area contributed by atoms with Gasteiger partial charge >= 0.3 is 5.69 Å². The molecule has 0 aromatic carbocycles. The minimum atomic E-state index is -0.438. The van der Waals surface area contributed by atoms with E-state index in [9.17, 15) is 10.1 Å². The van der Waals surface area contributed by atoms with E-state index in [0.29, 0.717) is 25.1 Å². The lowest BCUT2D eigenvalue weighted by molar-refractivity contribution is -0.384. The van der Waals surface area contributed by atoms with Gasteiger partial charge in [-0.2, -0.15) is 0 Å². The van der Waals surface area contributed by atoms with Crippen molar-refractivity contribution in [3.8, 4) is 0 Å². The second kappa shape index (κ2) is 7.04. The summed E-state index contributed by atoms with van der Waals surface area (Å²) in [6.07, 6.45) is 5.05. The lowest BCUT2D eigenvalue weighted by atomic mass is 10.3. The van der Waals surface area contributed by atoms with Crippen molar-refractivity contribution in [3.05, 3.63) is 22.2 Å². The molecule has 0 bridgehead atoms. The number of hydrogen-bond acceptors (Lipinski definition) is 6. The molecule has 1 fully saturated rings. The van der Waals surface area contributed by atoms with Gasteiger partial charge in [-0.25, -0.2) is 4.98 Å². The van der Waals surface area contributed by atoms with E-state index in [0.717, 1.165) is 12.8 Å². The Kier molecular flexibility index (Phi) is 5.11. The number of anilines is 2. The monoisotopic (exact) mass is 280 g/mol. The van der Waals surface area contributed by atoms with E-state index in [4.69, 9.17) is 4.74 Å². The summed E-state index contributed by atoms with van der Waals surface area (Å²) in [4.78, 5) is 14.7. The Balaban J connectivity index is 1.88. The predicted molar refractivity (Wildman–Crippen MR) is 77.1 cm³/mol. The number of ether oxygens (including phenoxy) is 1. The second-order valence-electron chi connectivity index (χ2n) is 4.78. The zero-order valence-electron chi connectivity index (χ0n) is 11.6. The average molecular weight is 280 g/mol. The molecule has 0 atom stereocenters. The summed E-state index contributed by atoms with van der Waals surface area (Å²) in [6.45, 7) is 1.05. The van der Waals surface area contributed by atoms with Gasteiger partial charge in [0.1, 0.15) is 5.82 Å². The highest BCUT2D eigenvalue weighted by Gasteiger charge is 2.17. The summed E-state index contributed by atoms with van der Waals surface area (Å²) in [5.41, 5.74) is -0.0233. The van der Waals surface area contributed by atoms with Crippen LogP contribution < -0.4 is 10.6 Å². The molecule has 1 aliphatic rings. The molecule has 1 heterocycles. The van der Waals surface area contributed by atoms with E-state index < -0.39 is 4.92 Å². The number of nitrogens with one attached hydrogen (secondary N) is 2. The van der Waals surface area contributed by atoms with Crippen molar-refractivity contribution < 1.29 is 9.66 Å². The van der Waals surface area contributed by atoms with Gasteiger partial charge in [0.2, 0.25) is 5.82 Å². The van der Waals surface area contributed by atoms with Gasteiger partial charge in [0.05, 0.1) is 17.6 Å². The van der Waals surface area contributed by atoms with E-state index in [1.807, 2.05) is 0 Å². The molecule has 0 radical (unpaired) electrons. The minimum Gasteiger partial charge on any atom is -0.376 e.